The number of aryl methyl sites for hydroxylation is 1. The first kappa shape index (κ1) is 14.5. The SMILES string of the molecule is CCc1ccc(NCc2cccc(F)c2)cc1CCN. The van der Waals surface area contributed by atoms with Crippen molar-refractivity contribution >= 4 is 5.69 Å². The van der Waals surface area contributed by atoms with Gasteiger partial charge in [-0.1, -0.05) is 25.1 Å². The Morgan fingerprint density at radius 1 is 1.10 bits per heavy atom. The first-order valence-corrected chi connectivity index (χ1v) is 7.03. The van der Waals surface area contributed by atoms with Crippen LogP contribution in [0.2, 0.25) is 0 Å². The number of halogens is 1. The Hall–Kier alpha value is -1.87. The van der Waals surface area contributed by atoms with Gasteiger partial charge in [0, 0.05) is 12.2 Å². The monoisotopic (exact) mass is 272 g/mol. The highest BCUT2D eigenvalue weighted by atomic mass is 19.1. The molecule has 3 N–H and O–H groups in total. The van der Waals surface area contributed by atoms with Crippen LogP contribution in [0.25, 0.3) is 0 Å². The first-order valence-electron chi connectivity index (χ1n) is 7.03. The molecule has 3 heteroatoms. The van der Waals surface area contributed by atoms with Crippen LogP contribution in [0, 0.1) is 5.82 Å². The Morgan fingerprint density at radius 2 is 1.95 bits per heavy atom. The average molecular weight is 272 g/mol. The summed E-state index contributed by atoms with van der Waals surface area (Å²) in [6.07, 6.45) is 1.90. The van der Waals surface area contributed by atoms with Gasteiger partial charge >= 0.3 is 0 Å². The topological polar surface area (TPSA) is 38.0 Å². The fraction of sp³-hybridized carbons (Fsp3) is 0.294. The zero-order valence-electron chi connectivity index (χ0n) is 11.8. The molecule has 2 nitrogen and oxygen atoms in total. The molecule has 2 aromatic carbocycles. The highest BCUT2D eigenvalue weighted by molar-refractivity contribution is 5.49. The Labute approximate surface area is 119 Å². The molecule has 2 rings (SSSR count). The molecule has 0 bridgehead atoms. The second-order valence-corrected chi connectivity index (χ2v) is 4.86. The number of nitrogens with two attached hydrogens (primary N) is 1. The molecule has 0 saturated carbocycles. The number of rotatable bonds is 6. The minimum absolute atomic E-state index is 0.200. The minimum atomic E-state index is -0.200. The summed E-state index contributed by atoms with van der Waals surface area (Å²) in [5.74, 6) is -0.200. The third-order valence-electron chi connectivity index (χ3n) is 3.39. The lowest BCUT2D eigenvalue weighted by Gasteiger charge is -2.12. The van der Waals surface area contributed by atoms with Crippen molar-refractivity contribution < 1.29 is 4.39 Å². The van der Waals surface area contributed by atoms with E-state index in [9.17, 15) is 4.39 Å². The Balaban J connectivity index is 2.07. The maximum absolute atomic E-state index is 13.1. The van der Waals surface area contributed by atoms with Crippen molar-refractivity contribution in [3.8, 4) is 0 Å². The highest BCUT2D eigenvalue weighted by Gasteiger charge is 2.02. The van der Waals surface area contributed by atoms with Crippen LogP contribution in [0.4, 0.5) is 10.1 Å². The van der Waals surface area contributed by atoms with Gasteiger partial charge in [-0.25, -0.2) is 4.39 Å². The largest absolute Gasteiger partial charge is 0.381 e. The highest BCUT2D eigenvalue weighted by Crippen LogP contribution is 2.18. The Morgan fingerprint density at radius 3 is 2.65 bits per heavy atom. The predicted molar refractivity (Wildman–Crippen MR) is 82.3 cm³/mol. The molecule has 0 saturated heterocycles. The maximum Gasteiger partial charge on any atom is 0.123 e. The number of benzene rings is 2. The van der Waals surface area contributed by atoms with Crippen LogP contribution in [-0.4, -0.2) is 6.54 Å². The summed E-state index contributed by atoms with van der Waals surface area (Å²) in [5, 5.41) is 3.33. The molecule has 0 spiro atoms. The van der Waals surface area contributed by atoms with E-state index in [1.807, 2.05) is 6.07 Å². The van der Waals surface area contributed by atoms with Gasteiger partial charge in [0.25, 0.3) is 0 Å². The second-order valence-electron chi connectivity index (χ2n) is 4.86. The van der Waals surface area contributed by atoms with Crippen LogP contribution < -0.4 is 11.1 Å². The van der Waals surface area contributed by atoms with E-state index in [0.29, 0.717) is 13.1 Å². The summed E-state index contributed by atoms with van der Waals surface area (Å²) in [5.41, 5.74) is 10.3. The molecule has 0 aliphatic rings. The molecule has 0 heterocycles. The van der Waals surface area contributed by atoms with Crippen LogP contribution in [0.1, 0.15) is 23.6 Å². The predicted octanol–water partition coefficient (Wildman–Crippen LogP) is 3.50. The molecule has 0 aromatic heterocycles. The van der Waals surface area contributed by atoms with Gasteiger partial charge in [-0.05, 0) is 60.3 Å². The summed E-state index contributed by atoms with van der Waals surface area (Å²) in [6, 6.07) is 13.0. The van der Waals surface area contributed by atoms with E-state index in [1.54, 1.807) is 12.1 Å². The van der Waals surface area contributed by atoms with E-state index >= 15 is 0 Å². The van der Waals surface area contributed by atoms with E-state index in [2.05, 4.69) is 30.4 Å². The smallest absolute Gasteiger partial charge is 0.123 e. The van der Waals surface area contributed by atoms with Crippen molar-refractivity contribution in [2.45, 2.75) is 26.3 Å². The summed E-state index contributed by atoms with van der Waals surface area (Å²) in [6.45, 7) is 3.42. The molecular weight excluding hydrogens is 251 g/mol. The second kappa shape index (κ2) is 7.06. The quantitative estimate of drug-likeness (QED) is 0.844. The van der Waals surface area contributed by atoms with Gasteiger partial charge in [0.15, 0.2) is 0 Å². The summed E-state index contributed by atoms with van der Waals surface area (Å²) in [7, 11) is 0. The van der Waals surface area contributed by atoms with Crippen LogP contribution in [0.5, 0.6) is 0 Å². The fourth-order valence-corrected chi connectivity index (χ4v) is 2.32. The van der Waals surface area contributed by atoms with Gasteiger partial charge in [0.2, 0.25) is 0 Å². The molecular formula is C17H21FN2. The molecule has 0 fully saturated rings. The number of anilines is 1. The Bertz CT molecular complexity index is 567. The van der Waals surface area contributed by atoms with Gasteiger partial charge in [0.05, 0.1) is 0 Å². The standard InChI is InChI=1S/C17H21FN2/c1-2-14-6-7-17(11-15(14)8-9-19)20-12-13-4-3-5-16(18)10-13/h3-7,10-11,20H,2,8-9,12,19H2,1H3. The molecule has 0 aliphatic carbocycles. The molecule has 0 aliphatic heterocycles. The van der Waals surface area contributed by atoms with Crippen LogP contribution in [0.15, 0.2) is 42.5 Å². The van der Waals surface area contributed by atoms with Crippen molar-refractivity contribution in [1.82, 2.24) is 0 Å². The maximum atomic E-state index is 13.1. The summed E-state index contributed by atoms with van der Waals surface area (Å²) >= 11 is 0. The average Bonchev–Trinajstić information content (AvgIpc) is 2.46. The number of hydrogen-bond acceptors (Lipinski definition) is 2. The van der Waals surface area contributed by atoms with E-state index in [0.717, 1.165) is 24.1 Å². The fourth-order valence-electron chi connectivity index (χ4n) is 2.32. The van der Waals surface area contributed by atoms with E-state index < -0.39 is 0 Å². The molecule has 0 radical (unpaired) electrons. The third kappa shape index (κ3) is 3.81. The number of hydrogen-bond donors (Lipinski definition) is 2. The van der Waals surface area contributed by atoms with Crippen molar-refractivity contribution in [3.05, 3.63) is 65.0 Å². The van der Waals surface area contributed by atoms with Crippen LogP contribution in [0.3, 0.4) is 0 Å². The minimum Gasteiger partial charge on any atom is -0.381 e. The van der Waals surface area contributed by atoms with Crippen molar-refractivity contribution in [2.24, 2.45) is 5.73 Å². The van der Waals surface area contributed by atoms with Crippen LogP contribution >= 0.6 is 0 Å². The van der Waals surface area contributed by atoms with E-state index in [1.165, 1.54) is 17.2 Å². The normalized spacial score (nSPS) is 10.6. The molecule has 0 amide bonds. The van der Waals surface area contributed by atoms with Crippen LogP contribution in [-0.2, 0) is 19.4 Å². The summed E-state index contributed by atoms with van der Waals surface area (Å²) in [4.78, 5) is 0. The zero-order chi connectivity index (χ0) is 14.4. The lowest BCUT2D eigenvalue weighted by Crippen LogP contribution is -2.06. The van der Waals surface area contributed by atoms with Crippen molar-refractivity contribution in [1.29, 1.82) is 0 Å². The molecule has 2 aromatic rings. The van der Waals surface area contributed by atoms with Gasteiger partial charge < -0.3 is 11.1 Å². The zero-order valence-corrected chi connectivity index (χ0v) is 11.8. The van der Waals surface area contributed by atoms with Gasteiger partial charge in [-0.15, -0.1) is 0 Å². The van der Waals surface area contributed by atoms with E-state index in [4.69, 9.17) is 5.73 Å². The van der Waals surface area contributed by atoms with Gasteiger partial charge in [0.1, 0.15) is 5.82 Å². The van der Waals surface area contributed by atoms with E-state index in [-0.39, 0.29) is 5.82 Å². The molecule has 0 unspecified atom stereocenters. The molecule has 106 valence electrons. The first-order chi connectivity index (χ1) is 9.72. The Kier molecular flexibility index (Phi) is 5.13. The summed E-state index contributed by atoms with van der Waals surface area (Å²) < 4.78 is 13.1. The van der Waals surface area contributed by atoms with Crippen molar-refractivity contribution in [2.75, 3.05) is 11.9 Å². The number of nitrogens with one attached hydrogen (secondary N) is 1. The van der Waals surface area contributed by atoms with Crippen molar-refractivity contribution in [3.63, 3.8) is 0 Å². The third-order valence-corrected chi connectivity index (χ3v) is 3.39. The molecule has 20 heavy (non-hydrogen) atoms. The lowest BCUT2D eigenvalue weighted by molar-refractivity contribution is 0.626. The van der Waals surface area contributed by atoms with Gasteiger partial charge in [-0.2, -0.15) is 0 Å². The molecule has 0 atom stereocenters. The van der Waals surface area contributed by atoms with Gasteiger partial charge in [-0.3, -0.25) is 0 Å². The lowest BCUT2D eigenvalue weighted by atomic mass is 10.0.